The smallest absolute Gasteiger partial charge is 0.243 e. The third-order valence-electron chi connectivity index (χ3n) is 5.96. The summed E-state index contributed by atoms with van der Waals surface area (Å²) in [5, 5.41) is 4.43. The Kier molecular flexibility index (Phi) is 10.0. The van der Waals surface area contributed by atoms with Gasteiger partial charge in [0.25, 0.3) is 0 Å². The highest BCUT2D eigenvalue weighted by atomic mass is 35.5. The fourth-order valence-electron chi connectivity index (χ4n) is 3.76. The van der Waals surface area contributed by atoms with Crippen molar-refractivity contribution in [1.29, 1.82) is 0 Å². The minimum atomic E-state index is -0.770. The first-order valence-corrected chi connectivity index (χ1v) is 12.7. The molecule has 2 unspecified atom stereocenters. The Morgan fingerprint density at radius 2 is 1.46 bits per heavy atom. The van der Waals surface area contributed by atoms with Crippen LogP contribution in [0.1, 0.15) is 37.0 Å². The van der Waals surface area contributed by atoms with E-state index in [1.807, 2.05) is 62.4 Å². The molecule has 1 N–H and O–H groups in total. The second-order valence-electron chi connectivity index (χ2n) is 8.51. The molecule has 4 nitrogen and oxygen atoms in total. The Bertz CT molecular complexity index is 1130. The molecule has 7 heteroatoms. The van der Waals surface area contributed by atoms with Crippen molar-refractivity contribution in [3.63, 3.8) is 0 Å². The quantitative estimate of drug-likeness (QED) is 0.315. The number of rotatable bonds is 10. The van der Waals surface area contributed by atoms with E-state index in [1.54, 1.807) is 29.2 Å². The molecular formula is C28H29Cl3N2O2. The van der Waals surface area contributed by atoms with Gasteiger partial charge >= 0.3 is 0 Å². The summed E-state index contributed by atoms with van der Waals surface area (Å²) in [5.74, 6) is -0.465. The molecule has 0 heterocycles. The lowest BCUT2D eigenvalue weighted by Gasteiger charge is -2.33. The van der Waals surface area contributed by atoms with Crippen LogP contribution in [0.3, 0.4) is 0 Å². The Balaban J connectivity index is 2.03. The summed E-state index contributed by atoms with van der Waals surface area (Å²) >= 11 is 19.3. The number of hydrogen-bond donors (Lipinski definition) is 1. The summed E-state index contributed by atoms with van der Waals surface area (Å²) in [6.45, 7) is 4.03. The van der Waals surface area contributed by atoms with Crippen LogP contribution in [0.4, 0.5) is 0 Å². The topological polar surface area (TPSA) is 49.4 Å². The van der Waals surface area contributed by atoms with Crippen LogP contribution in [0.5, 0.6) is 0 Å². The molecule has 2 atom stereocenters. The number of carbonyl (C=O) groups is 2. The van der Waals surface area contributed by atoms with Crippen LogP contribution < -0.4 is 5.32 Å². The molecule has 0 radical (unpaired) electrons. The van der Waals surface area contributed by atoms with Gasteiger partial charge in [0.15, 0.2) is 0 Å². The maximum Gasteiger partial charge on any atom is 0.243 e. The zero-order valence-corrected chi connectivity index (χ0v) is 22.1. The first-order valence-electron chi connectivity index (χ1n) is 11.6. The summed E-state index contributed by atoms with van der Waals surface area (Å²) in [6, 6.07) is 21.3. The van der Waals surface area contributed by atoms with Crippen molar-refractivity contribution in [3.8, 4) is 0 Å². The van der Waals surface area contributed by atoms with E-state index in [9.17, 15) is 9.59 Å². The molecule has 184 valence electrons. The Morgan fingerprint density at radius 3 is 2.09 bits per heavy atom. The van der Waals surface area contributed by atoms with Gasteiger partial charge in [-0.3, -0.25) is 9.59 Å². The molecule has 0 saturated heterocycles. The average Bonchev–Trinajstić information content (AvgIpc) is 2.84. The number of amides is 2. The first-order chi connectivity index (χ1) is 16.8. The highest BCUT2D eigenvalue weighted by Crippen LogP contribution is 2.28. The Hall–Kier alpha value is -2.53. The lowest BCUT2D eigenvalue weighted by molar-refractivity contribution is -0.141. The maximum absolute atomic E-state index is 13.8. The monoisotopic (exact) mass is 530 g/mol. The van der Waals surface area contributed by atoms with Crippen molar-refractivity contribution in [2.75, 3.05) is 0 Å². The van der Waals surface area contributed by atoms with Gasteiger partial charge in [0.1, 0.15) is 6.04 Å². The van der Waals surface area contributed by atoms with E-state index >= 15 is 0 Å². The summed E-state index contributed by atoms with van der Waals surface area (Å²) in [7, 11) is 0. The second kappa shape index (κ2) is 13.0. The molecule has 0 spiro atoms. The number of carbonyl (C=O) groups excluding carboxylic acids is 2. The van der Waals surface area contributed by atoms with Crippen LogP contribution in [0.15, 0.2) is 72.8 Å². The van der Waals surface area contributed by atoms with E-state index in [-0.39, 0.29) is 30.8 Å². The lowest BCUT2D eigenvalue weighted by atomic mass is 10.0. The van der Waals surface area contributed by atoms with Gasteiger partial charge < -0.3 is 10.2 Å². The fourth-order valence-corrected chi connectivity index (χ4v) is 4.47. The van der Waals surface area contributed by atoms with Crippen LogP contribution in [-0.4, -0.2) is 28.8 Å². The SMILES string of the molecule is CCC(C)NC(=O)C(Cc1ccccc1)N(Cc1c(Cl)cccc1Cl)C(=O)Cc1ccccc1Cl. The van der Waals surface area contributed by atoms with Crippen molar-refractivity contribution in [2.45, 2.75) is 51.7 Å². The zero-order valence-electron chi connectivity index (χ0n) is 19.8. The molecule has 0 saturated carbocycles. The predicted octanol–water partition coefficient (Wildman–Crippen LogP) is 6.74. The summed E-state index contributed by atoms with van der Waals surface area (Å²) in [5.41, 5.74) is 2.23. The minimum Gasteiger partial charge on any atom is -0.352 e. The van der Waals surface area contributed by atoms with Gasteiger partial charge in [-0.25, -0.2) is 0 Å². The Morgan fingerprint density at radius 1 is 0.857 bits per heavy atom. The van der Waals surface area contributed by atoms with Crippen LogP contribution in [0, 0.1) is 0 Å². The van der Waals surface area contributed by atoms with Crippen molar-refractivity contribution < 1.29 is 9.59 Å². The molecule has 3 rings (SSSR count). The molecular weight excluding hydrogens is 503 g/mol. The van der Waals surface area contributed by atoms with Gasteiger partial charge in [-0.15, -0.1) is 0 Å². The van der Waals surface area contributed by atoms with Crippen LogP contribution in [0.25, 0.3) is 0 Å². The molecule has 3 aromatic rings. The summed E-state index contributed by atoms with van der Waals surface area (Å²) < 4.78 is 0. The largest absolute Gasteiger partial charge is 0.352 e. The molecule has 0 aromatic heterocycles. The average molecular weight is 532 g/mol. The molecule has 0 aliphatic carbocycles. The molecule has 35 heavy (non-hydrogen) atoms. The summed E-state index contributed by atoms with van der Waals surface area (Å²) in [4.78, 5) is 28.9. The van der Waals surface area contributed by atoms with Gasteiger partial charge in [0, 0.05) is 39.6 Å². The third kappa shape index (κ3) is 7.47. The van der Waals surface area contributed by atoms with Crippen molar-refractivity contribution in [2.24, 2.45) is 0 Å². The van der Waals surface area contributed by atoms with Crippen LogP contribution >= 0.6 is 34.8 Å². The van der Waals surface area contributed by atoms with Crippen LogP contribution in [0.2, 0.25) is 15.1 Å². The summed E-state index contributed by atoms with van der Waals surface area (Å²) in [6.07, 6.45) is 1.16. The molecule has 3 aromatic carbocycles. The standard InChI is InChI=1S/C28H29Cl3N2O2/c1-3-19(2)32-28(35)26(16-20-10-5-4-6-11-20)33(18-22-24(30)14-9-15-25(22)31)27(34)17-21-12-7-8-13-23(21)29/h4-15,19,26H,3,16-18H2,1-2H3,(H,32,35). The van der Waals surface area contributed by atoms with E-state index < -0.39 is 6.04 Å². The van der Waals surface area contributed by atoms with Gasteiger partial charge in [-0.2, -0.15) is 0 Å². The van der Waals surface area contributed by atoms with Gasteiger partial charge in [0.05, 0.1) is 6.42 Å². The lowest BCUT2D eigenvalue weighted by Crippen LogP contribution is -2.52. The number of hydrogen-bond acceptors (Lipinski definition) is 2. The zero-order chi connectivity index (χ0) is 25.4. The number of nitrogens with zero attached hydrogens (tertiary/aromatic N) is 1. The first kappa shape index (κ1) is 27.1. The second-order valence-corrected chi connectivity index (χ2v) is 9.74. The van der Waals surface area contributed by atoms with E-state index in [0.29, 0.717) is 32.6 Å². The van der Waals surface area contributed by atoms with Crippen molar-refractivity contribution >= 4 is 46.6 Å². The normalized spacial score (nSPS) is 12.6. The van der Waals surface area contributed by atoms with E-state index in [0.717, 1.165) is 12.0 Å². The van der Waals surface area contributed by atoms with Gasteiger partial charge in [-0.05, 0) is 42.7 Å². The highest BCUT2D eigenvalue weighted by Gasteiger charge is 2.32. The van der Waals surface area contributed by atoms with Crippen LogP contribution in [-0.2, 0) is 29.0 Å². The maximum atomic E-state index is 13.8. The highest BCUT2D eigenvalue weighted by molar-refractivity contribution is 6.36. The molecule has 0 aliphatic rings. The fraction of sp³-hybridized carbons (Fsp3) is 0.286. The van der Waals surface area contributed by atoms with E-state index in [2.05, 4.69) is 5.32 Å². The number of nitrogens with one attached hydrogen (secondary N) is 1. The van der Waals surface area contributed by atoms with Crippen molar-refractivity contribution in [1.82, 2.24) is 10.2 Å². The van der Waals surface area contributed by atoms with E-state index in [4.69, 9.17) is 34.8 Å². The minimum absolute atomic E-state index is 0.0369. The molecule has 0 bridgehead atoms. The van der Waals surface area contributed by atoms with E-state index in [1.165, 1.54) is 0 Å². The molecule has 2 amide bonds. The van der Waals surface area contributed by atoms with Crippen molar-refractivity contribution in [3.05, 3.63) is 105 Å². The number of halogens is 3. The van der Waals surface area contributed by atoms with Gasteiger partial charge in [-0.1, -0.05) is 96.3 Å². The molecule has 0 aliphatic heterocycles. The predicted molar refractivity (Wildman–Crippen MR) is 144 cm³/mol. The number of benzene rings is 3. The van der Waals surface area contributed by atoms with Gasteiger partial charge in [0.2, 0.25) is 11.8 Å². The molecule has 0 fully saturated rings. The third-order valence-corrected chi connectivity index (χ3v) is 7.04. The Labute approximate surface area is 222 Å².